The summed E-state index contributed by atoms with van der Waals surface area (Å²) in [5.74, 6) is 0. The van der Waals surface area contributed by atoms with Crippen LogP contribution in [0.5, 0.6) is 0 Å². The highest BCUT2D eigenvalue weighted by Crippen LogP contribution is 2.27. The van der Waals surface area contributed by atoms with Gasteiger partial charge in [0.2, 0.25) is 0 Å². The number of hydrogen-bond donors (Lipinski definition) is 1. The fourth-order valence-corrected chi connectivity index (χ4v) is 2.75. The van der Waals surface area contributed by atoms with Gasteiger partial charge in [0.1, 0.15) is 0 Å². The first-order valence-electron chi connectivity index (χ1n) is 7.26. The SMILES string of the molecule is CCCC(C)N(C)c1ccc(Br)cc1CC(N)CC. The molecule has 3 heteroatoms. The molecule has 2 atom stereocenters. The first kappa shape index (κ1) is 16.5. The monoisotopic (exact) mass is 326 g/mol. The van der Waals surface area contributed by atoms with Crippen LogP contribution < -0.4 is 10.6 Å². The molecule has 0 radical (unpaired) electrons. The van der Waals surface area contributed by atoms with Crippen LogP contribution in [0.1, 0.15) is 45.6 Å². The van der Waals surface area contributed by atoms with Crippen LogP contribution >= 0.6 is 15.9 Å². The van der Waals surface area contributed by atoms with Gasteiger partial charge >= 0.3 is 0 Å². The van der Waals surface area contributed by atoms with Crippen LogP contribution in [0, 0.1) is 0 Å². The smallest absolute Gasteiger partial charge is 0.0399 e. The molecule has 0 saturated carbocycles. The van der Waals surface area contributed by atoms with Crippen molar-refractivity contribution in [3.8, 4) is 0 Å². The highest BCUT2D eigenvalue weighted by molar-refractivity contribution is 9.10. The lowest BCUT2D eigenvalue weighted by molar-refractivity contribution is 0.607. The van der Waals surface area contributed by atoms with Gasteiger partial charge in [-0.1, -0.05) is 36.2 Å². The van der Waals surface area contributed by atoms with Crippen LogP contribution in [0.2, 0.25) is 0 Å². The Bertz CT molecular complexity index is 392. The molecule has 0 aliphatic carbocycles. The molecule has 0 fully saturated rings. The van der Waals surface area contributed by atoms with Gasteiger partial charge in [-0.15, -0.1) is 0 Å². The van der Waals surface area contributed by atoms with Crippen LogP contribution in [-0.2, 0) is 6.42 Å². The summed E-state index contributed by atoms with van der Waals surface area (Å²) in [6, 6.07) is 7.32. The van der Waals surface area contributed by atoms with E-state index in [4.69, 9.17) is 5.73 Å². The topological polar surface area (TPSA) is 29.3 Å². The van der Waals surface area contributed by atoms with E-state index in [9.17, 15) is 0 Å². The molecule has 1 aromatic carbocycles. The Morgan fingerprint density at radius 2 is 2.00 bits per heavy atom. The van der Waals surface area contributed by atoms with E-state index in [0.29, 0.717) is 6.04 Å². The predicted octanol–water partition coefficient (Wildman–Crippen LogP) is 4.35. The van der Waals surface area contributed by atoms with Crippen molar-refractivity contribution >= 4 is 21.6 Å². The maximum absolute atomic E-state index is 6.13. The molecule has 1 rings (SSSR count). The summed E-state index contributed by atoms with van der Waals surface area (Å²) in [5.41, 5.74) is 8.78. The fraction of sp³-hybridized carbons (Fsp3) is 0.625. The van der Waals surface area contributed by atoms with Gasteiger partial charge in [0.05, 0.1) is 0 Å². The zero-order valence-electron chi connectivity index (χ0n) is 12.6. The van der Waals surface area contributed by atoms with Crippen molar-refractivity contribution < 1.29 is 0 Å². The predicted molar refractivity (Wildman–Crippen MR) is 88.9 cm³/mol. The molecule has 108 valence electrons. The number of nitrogens with two attached hydrogens (primary N) is 1. The number of benzene rings is 1. The van der Waals surface area contributed by atoms with Crippen molar-refractivity contribution in [2.75, 3.05) is 11.9 Å². The van der Waals surface area contributed by atoms with E-state index in [1.54, 1.807) is 0 Å². The molecule has 0 bridgehead atoms. The van der Waals surface area contributed by atoms with Gasteiger partial charge in [-0.25, -0.2) is 0 Å². The Kier molecular flexibility index (Phi) is 6.87. The van der Waals surface area contributed by atoms with Crippen LogP contribution in [0.15, 0.2) is 22.7 Å². The zero-order valence-corrected chi connectivity index (χ0v) is 14.2. The van der Waals surface area contributed by atoms with Crippen molar-refractivity contribution in [2.24, 2.45) is 5.73 Å². The van der Waals surface area contributed by atoms with Crippen LogP contribution in [0.3, 0.4) is 0 Å². The van der Waals surface area contributed by atoms with Gasteiger partial charge in [-0.3, -0.25) is 0 Å². The maximum Gasteiger partial charge on any atom is 0.0399 e. The molecular formula is C16H27BrN2. The lowest BCUT2D eigenvalue weighted by atomic mass is 10.0. The van der Waals surface area contributed by atoms with Crippen molar-refractivity contribution in [1.82, 2.24) is 0 Å². The highest BCUT2D eigenvalue weighted by Gasteiger charge is 2.14. The molecular weight excluding hydrogens is 300 g/mol. The van der Waals surface area contributed by atoms with Crippen molar-refractivity contribution in [2.45, 2.75) is 58.5 Å². The second-order valence-corrected chi connectivity index (χ2v) is 6.31. The number of hydrogen-bond acceptors (Lipinski definition) is 2. The molecule has 2 nitrogen and oxygen atoms in total. The minimum Gasteiger partial charge on any atom is -0.372 e. The molecule has 2 unspecified atom stereocenters. The van der Waals surface area contributed by atoms with E-state index in [1.807, 2.05) is 0 Å². The van der Waals surface area contributed by atoms with Gasteiger partial charge in [0, 0.05) is 29.3 Å². The fourth-order valence-electron chi connectivity index (χ4n) is 2.34. The highest BCUT2D eigenvalue weighted by atomic mass is 79.9. The van der Waals surface area contributed by atoms with Crippen LogP contribution in [-0.4, -0.2) is 19.1 Å². The Labute approximate surface area is 126 Å². The molecule has 0 amide bonds. The van der Waals surface area contributed by atoms with E-state index in [-0.39, 0.29) is 6.04 Å². The van der Waals surface area contributed by atoms with Crippen LogP contribution in [0.4, 0.5) is 5.69 Å². The number of halogens is 1. The average molecular weight is 327 g/mol. The molecule has 0 heterocycles. The number of nitrogens with zero attached hydrogens (tertiary/aromatic N) is 1. The summed E-state index contributed by atoms with van der Waals surface area (Å²) in [6.45, 7) is 6.67. The second kappa shape index (κ2) is 7.91. The Balaban J connectivity index is 2.98. The summed E-state index contributed by atoms with van der Waals surface area (Å²) >= 11 is 3.57. The lowest BCUT2D eigenvalue weighted by Gasteiger charge is -2.29. The standard InChI is InChI=1S/C16H27BrN2/c1-5-7-12(3)19(4)16-9-8-14(17)10-13(16)11-15(18)6-2/h8-10,12,15H,5-7,11,18H2,1-4H3. The minimum atomic E-state index is 0.239. The third kappa shape index (κ3) is 4.81. The van der Waals surface area contributed by atoms with E-state index in [1.165, 1.54) is 24.1 Å². The molecule has 0 spiro atoms. The van der Waals surface area contributed by atoms with Crippen molar-refractivity contribution in [3.05, 3.63) is 28.2 Å². The first-order chi connectivity index (χ1) is 8.99. The summed E-state index contributed by atoms with van der Waals surface area (Å²) < 4.78 is 1.13. The lowest BCUT2D eigenvalue weighted by Crippen LogP contribution is -2.30. The van der Waals surface area contributed by atoms with Gasteiger partial charge in [-0.2, -0.15) is 0 Å². The minimum absolute atomic E-state index is 0.239. The maximum atomic E-state index is 6.13. The van der Waals surface area contributed by atoms with E-state index < -0.39 is 0 Å². The summed E-state index contributed by atoms with van der Waals surface area (Å²) in [5, 5.41) is 0. The largest absolute Gasteiger partial charge is 0.372 e. The van der Waals surface area contributed by atoms with E-state index >= 15 is 0 Å². The molecule has 0 saturated heterocycles. The average Bonchev–Trinajstić information content (AvgIpc) is 2.38. The molecule has 0 aromatic heterocycles. The van der Waals surface area contributed by atoms with E-state index in [2.05, 4.69) is 66.8 Å². The third-order valence-corrected chi connectivity index (χ3v) is 4.29. The van der Waals surface area contributed by atoms with E-state index in [0.717, 1.165) is 17.3 Å². The van der Waals surface area contributed by atoms with Gasteiger partial charge in [0.25, 0.3) is 0 Å². The summed E-state index contributed by atoms with van der Waals surface area (Å²) in [7, 11) is 2.19. The number of anilines is 1. The zero-order chi connectivity index (χ0) is 14.4. The molecule has 0 aliphatic heterocycles. The van der Waals surface area contributed by atoms with Gasteiger partial charge in [0.15, 0.2) is 0 Å². The van der Waals surface area contributed by atoms with Crippen LogP contribution in [0.25, 0.3) is 0 Å². The van der Waals surface area contributed by atoms with Crippen molar-refractivity contribution in [3.63, 3.8) is 0 Å². The Morgan fingerprint density at radius 3 is 2.58 bits per heavy atom. The summed E-state index contributed by atoms with van der Waals surface area (Å²) in [4.78, 5) is 2.38. The van der Waals surface area contributed by atoms with Crippen molar-refractivity contribution in [1.29, 1.82) is 0 Å². The molecule has 19 heavy (non-hydrogen) atoms. The number of rotatable bonds is 7. The molecule has 1 aromatic rings. The first-order valence-corrected chi connectivity index (χ1v) is 8.05. The third-order valence-electron chi connectivity index (χ3n) is 3.80. The Hall–Kier alpha value is -0.540. The van der Waals surface area contributed by atoms with Gasteiger partial charge < -0.3 is 10.6 Å². The molecule has 2 N–H and O–H groups in total. The summed E-state index contributed by atoms with van der Waals surface area (Å²) in [6.07, 6.45) is 4.38. The Morgan fingerprint density at radius 1 is 1.32 bits per heavy atom. The quantitative estimate of drug-likeness (QED) is 0.806. The molecule has 0 aliphatic rings. The van der Waals surface area contributed by atoms with Gasteiger partial charge in [-0.05, 0) is 49.9 Å². The second-order valence-electron chi connectivity index (χ2n) is 5.39. The normalized spacial score (nSPS) is 14.2.